The van der Waals surface area contributed by atoms with Gasteiger partial charge in [0.15, 0.2) is 0 Å². The third-order valence-electron chi connectivity index (χ3n) is 8.70. The van der Waals surface area contributed by atoms with Gasteiger partial charge < -0.3 is 15.3 Å². The Morgan fingerprint density at radius 2 is 0.634 bits per heavy atom. The molecule has 0 saturated heterocycles. The summed E-state index contributed by atoms with van der Waals surface area (Å²) in [6.45, 7) is 1.33. The molecule has 0 heterocycles. The standard InChI is InChI=1S/C20H20F18O3/c1-5-6(2)10-8(4-13(40,17(27,28)29)18(30,31)32)7(3-12(39,15(21,22)23)16(24,25)26)9(5)11(10)14(41,19(33,34)35)20(36,37)38/h5-11,39-41H,3-4H2,1-2H3. The molecule has 2 bridgehead atoms. The van der Waals surface area contributed by atoms with Gasteiger partial charge in [-0.25, -0.2) is 0 Å². The van der Waals surface area contributed by atoms with Crippen molar-refractivity contribution in [2.75, 3.05) is 0 Å². The summed E-state index contributed by atoms with van der Waals surface area (Å²) in [7, 11) is 0. The molecule has 2 aliphatic rings. The Labute approximate surface area is 217 Å². The summed E-state index contributed by atoms with van der Waals surface area (Å²) in [6.07, 6.45) is -47.1. The molecule has 0 spiro atoms. The molecular formula is C20H20F18O3. The third-order valence-corrected chi connectivity index (χ3v) is 8.70. The highest BCUT2D eigenvalue weighted by Crippen LogP contribution is 2.72. The van der Waals surface area contributed by atoms with E-state index in [-0.39, 0.29) is 0 Å². The summed E-state index contributed by atoms with van der Waals surface area (Å²) in [5.41, 5.74) is -18.1. The molecule has 21 heteroatoms. The first-order valence-electron chi connectivity index (χ1n) is 11.2. The monoisotopic (exact) mass is 650 g/mol. The number of halogens is 18. The first kappa shape index (κ1) is 35.8. The van der Waals surface area contributed by atoms with Gasteiger partial charge in [-0.3, -0.25) is 0 Å². The van der Waals surface area contributed by atoms with Crippen molar-refractivity contribution in [3.63, 3.8) is 0 Å². The number of aliphatic hydroxyl groups is 3. The van der Waals surface area contributed by atoms with Crippen LogP contribution < -0.4 is 0 Å². The average molecular weight is 650 g/mol. The van der Waals surface area contributed by atoms with Crippen LogP contribution in [0.25, 0.3) is 0 Å². The predicted octanol–water partition coefficient (Wildman–Crippen LogP) is 6.71. The van der Waals surface area contributed by atoms with Crippen LogP contribution in [0.4, 0.5) is 79.0 Å². The zero-order chi connectivity index (χ0) is 33.0. The summed E-state index contributed by atoms with van der Waals surface area (Å²) >= 11 is 0. The summed E-state index contributed by atoms with van der Waals surface area (Å²) in [6, 6.07) is 0. The SMILES string of the molecule is CC1C(C)C2C(CC(O)(C(F)(F)F)C(F)(F)F)C(CC(O)(C(F)(F)F)C(F)(F)F)C1C2C(O)(C(F)(F)F)C(F)(F)F. The Morgan fingerprint density at radius 3 is 0.805 bits per heavy atom. The number of alkyl halides is 18. The Bertz CT molecular complexity index is 855. The van der Waals surface area contributed by atoms with Gasteiger partial charge in [-0.1, -0.05) is 13.8 Å². The molecule has 0 amide bonds. The Hall–Kier alpha value is -1.38. The number of hydrogen-bond donors (Lipinski definition) is 3. The second-order valence-corrected chi connectivity index (χ2v) is 10.6. The number of hydrogen-bond acceptors (Lipinski definition) is 3. The molecule has 6 atom stereocenters. The van der Waals surface area contributed by atoms with Gasteiger partial charge in [0.05, 0.1) is 0 Å². The number of fused-ring (bicyclic) bond motifs is 2. The van der Waals surface area contributed by atoms with Crippen LogP contribution in [0.2, 0.25) is 0 Å². The minimum atomic E-state index is -6.84. The van der Waals surface area contributed by atoms with Gasteiger partial charge >= 0.3 is 37.1 Å². The Morgan fingerprint density at radius 1 is 0.415 bits per heavy atom. The van der Waals surface area contributed by atoms with Crippen LogP contribution >= 0.6 is 0 Å². The second kappa shape index (κ2) is 9.56. The quantitative estimate of drug-likeness (QED) is 0.290. The van der Waals surface area contributed by atoms with Crippen molar-refractivity contribution in [1.82, 2.24) is 0 Å². The van der Waals surface area contributed by atoms with Crippen molar-refractivity contribution in [3.8, 4) is 0 Å². The maximum Gasteiger partial charge on any atom is 0.426 e. The summed E-state index contributed by atoms with van der Waals surface area (Å²) in [5, 5.41) is 29.2. The lowest BCUT2D eigenvalue weighted by atomic mass is 9.63. The van der Waals surface area contributed by atoms with Gasteiger partial charge in [0.2, 0.25) is 0 Å². The zero-order valence-corrected chi connectivity index (χ0v) is 20.1. The summed E-state index contributed by atoms with van der Waals surface area (Å²) < 4.78 is 244. The lowest BCUT2D eigenvalue weighted by Crippen LogP contribution is -2.63. The fourth-order valence-electron chi connectivity index (χ4n) is 6.63. The van der Waals surface area contributed by atoms with E-state index in [0.717, 1.165) is 0 Å². The maximum absolute atomic E-state index is 13.8. The molecule has 0 radical (unpaired) electrons. The molecule has 41 heavy (non-hydrogen) atoms. The second-order valence-electron chi connectivity index (χ2n) is 10.6. The Balaban J connectivity index is 2.97. The van der Waals surface area contributed by atoms with Crippen LogP contribution in [0.3, 0.4) is 0 Å². The van der Waals surface area contributed by atoms with Gasteiger partial charge in [0.1, 0.15) is 0 Å². The molecule has 2 saturated carbocycles. The van der Waals surface area contributed by atoms with E-state index in [2.05, 4.69) is 0 Å². The van der Waals surface area contributed by atoms with E-state index in [0.29, 0.717) is 13.8 Å². The van der Waals surface area contributed by atoms with Crippen LogP contribution in [-0.2, 0) is 0 Å². The van der Waals surface area contributed by atoms with Gasteiger partial charge in [-0.2, -0.15) is 79.0 Å². The maximum atomic E-state index is 13.8. The van der Waals surface area contributed by atoms with Crippen LogP contribution in [0, 0.1) is 41.4 Å². The van der Waals surface area contributed by atoms with Crippen molar-refractivity contribution in [3.05, 3.63) is 0 Å². The minimum Gasteiger partial charge on any atom is -0.374 e. The molecule has 0 aliphatic heterocycles. The Kier molecular flexibility index (Phi) is 8.35. The molecule has 2 fully saturated rings. The van der Waals surface area contributed by atoms with Gasteiger partial charge in [0.25, 0.3) is 16.8 Å². The highest BCUT2D eigenvalue weighted by atomic mass is 19.4. The van der Waals surface area contributed by atoms with Crippen LogP contribution in [0.15, 0.2) is 0 Å². The molecule has 3 nitrogen and oxygen atoms in total. The number of rotatable bonds is 5. The molecule has 244 valence electrons. The predicted molar refractivity (Wildman–Crippen MR) is 96.2 cm³/mol. The third kappa shape index (κ3) is 5.12. The molecule has 0 aromatic rings. The molecule has 2 rings (SSSR count). The molecule has 0 aromatic carbocycles. The van der Waals surface area contributed by atoms with Gasteiger partial charge in [0, 0.05) is 5.92 Å². The molecule has 2 aliphatic carbocycles. The van der Waals surface area contributed by atoms with Crippen molar-refractivity contribution in [1.29, 1.82) is 0 Å². The highest BCUT2D eigenvalue weighted by molar-refractivity contribution is 5.19. The normalized spacial score (nSPS) is 31.2. The fourth-order valence-corrected chi connectivity index (χ4v) is 6.63. The van der Waals surface area contributed by atoms with Crippen molar-refractivity contribution < 1.29 is 94.3 Å². The average Bonchev–Trinajstić information content (AvgIpc) is 3.13. The molecule has 0 aromatic heterocycles. The molecule has 3 N–H and O–H groups in total. The van der Waals surface area contributed by atoms with E-state index in [1.807, 2.05) is 0 Å². The largest absolute Gasteiger partial charge is 0.426 e. The van der Waals surface area contributed by atoms with Crippen LogP contribution in [0.5, 0.6) is 0 Å². The fraction of sp³-hybridized carbons (Fsp3) is 1.00. The summed E-state index contributed by atoms with van der Waals surface area (Å²) in [4.78, 5) is 0. The van der Waals surface area contributed by atoms with Crippen LogP contribution in [0.1, 0.15) is 26.7 Å². The van der Waals surface area contributed by atoms with Crippen LogP contribution in [-0.4, -0.2) is 69.2 Å². The summed E-state index contributed by atoms with van der Waals surface area (Å²) in [5.74, 6) is -19.6. The van der Waals surface area contributed by atoms with Crippen molar-refractivity contribution in [2.24, 2.45) is 41.4 Å². The molecule has 6 unspecified atom stereocenters. The van der Waals surface area contributed by atoms with Gasteiger partial charge in [-0.05, 0) is 48.3 Å². The topological polar surface area (TPSA) is 60.7 Å². The van der Waals surface area contributed by atoms with E-state index in [4.69, 9.17) is 0 Å². The van der Waals surface area contributed by atoms with E-state index < -0.39 is 108 Å². The van der Waals surface area contributed by atoms with E-state index >= 15 is 0 Å². The minimum absolute atomic E-state index is 0.665. The van der Waals surface area contributed by atoms with E-state index in [9.17, 15) is 94.3 Å². The lowest BCUT2D eigenvalue weighted by Gasteiger charge is -2.45. The molecular weight excluding hydrogens is 630 g/mol. The zero-order valence-electron chi connectivity index (χ0n) is 20.1. The highest BCUT2D eigenvalue weighted by Gasteiger charge is 2.83. The lowest BCUT2D eigenvalue weighted by molar-refractivity contribution is -0.391. The first-order chi connectivity index (χ1) is 17.6. The van der Waals surface area contributed by atoms with E-state index in [1.54, 1.807) is 0 Å². The smallest absolute Gasteiger partial charge is 0.374 e. The van der Waals surface area contributed by atoms with Crippen molar-refractivity contribution >= 4 is 0 Å². The van der Waals surface area contributed by atoms with E-state index in [1.165, 1.54) is 0 Å². The van der Waals surface area contributed by atoms with Crippen molar-refractivity contribution in [2.45, 2.75) is 80.6 Å². The first-order valence-corrected chi connectivity index (χ1v) is 11.2. The van der Waals surface area contributed by atoms with Gasteiger partial charge in [-0.15, -0.1) is 0 Å².